The number of carbonyl (C=O) groups is 1. The molecular weight excluding hydrogens is 362 g/mol. The van der Waals surface area contributed by atoms with Gasteiger partial charge in [0.05, 0.1) is 10.9 Å². The number of nitrogens with one attached hydrogen (secondary N) is 1. The molecule has 0 fully saturated rings. The molecule has 0 aliphatic heterocycles. The summed E-state index contributed by atoms with van der Waals surface area (Å²) >= 11 is 1.25. The summed E-state index contributed by atoms with van der Waals surface area (Å²) in [5.41, 5.74) is 4.75. The van der Waals surface area contributed by atoms with Crippen molar-refractivity contribution in [1.82, 2.24) is 24.7 Å². The number of nitrogens with zero attached hydrogens (tertiary/aromatic N) is 5. The molecule has 0 saturated carbocycles. The van der Waals surface area contributed by atoms with Gasteiger partial charge in [-0.3, -0.25) is 4.79 Å². The molecule has 3 aromatic rings. The average molecular weight is 385 g/mol. The maximum atomic E-state index is 12.6. The third kappa shape index (κ3) is 3.97. The minimum absolute atomic E-state index is 0.123. The molecule has 0 saturated heterocycles. The minimum Gasteiger partial charge on any atom is -0.334 e. The van der Waals surface area contributed by atoms with Crippen molar-refractivity contribution in [3.05, 3.63) is 46.8 Å². The molecule has 142 valence electrons. The van der Waals surface area contributed by atoms with Crippen LogP contribution in [0.5, 0.6) is 0 Å². The van der Waals surface area contributed by atoms with E-state index in [0.717, 1.165) is 28.2 Å². The minimum atomic E-state index is -0.398. The lowest BCUT2D eigenvalue weighted by atomic mass is 10.1. The van der Waals surface area contributed by atoms with Gasteiger partial charge in [-0.05, 0) is 52.3 Å². The van der Waals surface area contributed by atoms with Gasteiger partial charge in [0.2, 0.25) is 11.1 Å². The van der Waals surface area contributed by atoms with E-state index < -0.39 is 5.25 Å². The third-order valence-corrected chi connectivity index (χ3v) is 5.19. The second kappa shape index (κ2) is 7.43. The maximum absolute atomic E-state index is 12.6. The van der Waals surface area contributed by atoms with E-state index in [2.05, 4.69) is 20.6 Å². The number of hydrogen-bond acceptors (Lipinski definition) is 6. The molecule has 2 aromatic heterocycles. The number of thioether (sulfide) groups is 1. The van der Waals surface area contributed by atoms with Crippen molar-refractivity contribution < 1.29 is 4.79 Å². The molecule has 1 aromatic carbocycles. The van der Waals surface area contributed by atoms with Gasteiger partial charge in [0, 0.05) is 11.4 Å². The van der Waals surface area contributed by atoms with Crippen LogP contribution in [-0.4, -0.2) is 35.8 Å². The van der Waals surface area contributed by atoms with Crippen LogP contribution < -0.4 is 11.2 Å². The second-order valence-corrected chi connectivity index (χ2v) is 7.87. The molecule has 1 amide bonds. The average Bonchev–Trinajstić information content (AvgIpc) is 3.12. The van der Waals surface area contributed by atoms with Crippen molar-refractivity contribution >= 4 is 23.4 Å². The fourth-order valence-electron chi connectivity index (χ4n) is 2.73. The topological polar surface area (TPSA) is 104 Å². The number of carbonyl (C=O) groups excluding carboxylic acids is 1. The zero-order valence-corrected chi connectivity index (χ0v) is 16.8. The Kier molecular flexibility index (Phi) is 5.22. The smallest absolute Gasteiger partial charge is 0.271 e. The lowest BCUT2D eigenvalue weighted by Gasteiger charge is -2.13. The Labute approximate surface area is 162 Å². The molecule has 1 unspecified atom stereocenters. The standard InChI is InChI=1S/C18H23N7OS/c1-10-6-7-15(11(2)8-10)20-16(26)14(5)27-18-22-21-17(24(18)19)25-13(4)9-12(3)23-25/h6-9,14H,19H2,1-5H3,(H,20,26). The Bertz CT molecular complexity index is 992. The van der Waals surface area contributed by atoms with Gasteiger partial charge in [0.15, 0.2) is 0 Å². The largest absolute Gasteiger partial charge is 0.334 e. The Morgan fingerprint density at radius 2 is 1.93 bits per heavy atom. The lowest BCUT2D eigenvalue weighted by molar-refractivity contribution is -0.115. The molecule has 9 heteroatoms. The summed E-state index contributed by atoms with van der Waals surface area (Å²) in [5.74, 6) is 6.42. The summed E-state index contributed by atoms with van der Waals surface area (Å²) in [7, 11) is 0. The van der Waals surface area contributed by atoms with Crippen LogP contribution >= 0.6 is 11.8 Å². The van der Waals surface area contributed by atoms with E-state index in [1.54, 1.807) is 11.6 Å². The number of benzene rings is 1. The number of nitrogen functional groups attached to an aromatic ring is 1. The highest BCUT2D eigenvalue weighted by molar-refractivity contribution is 8.00. The molecule has 0 aliphatic carbocycles. The number of rotatable bonds is 5. The summed E-state index contributed by atoms with van der Waals surface area (Å²) < 4.78 is 2.98. The van der Waals surface area contributed by atoms with Crippen LogP contribution in [0, 0.1) is 27.7 Å². The summed E-state index contributed by atoms with van der Waals surface area (Å²) in [6.07, 6.45) is 0. The number of amides is 1. The number of anilines is 1. The second-order valence-electron chi connectivity index (χ2n) is 6.56. The number of hydrogen-bond donors (Lipinski definition) is 2. The van der Waals surface area contributed by atoms with E-state index in [4.69, 9.17) is 5.84 Å². The van der Waals surface area contributed by atoms with E-state index in [1.165, 1.54) is 16.4 Å². The van der Waals surface area contributed by atoms with Crippen LogP contribution in [0.2, 0.25) is 0 Å². The van der Waals surface area contributed by atoms with Gasteiger partial charge >= 0.3 is 0 Å². The fourth-order valence-corrected chi connectivity index (χ4v) is 3.49. The molecular formula is C18H23N7OS. The number of aromatic nitrogens is 5. The first kappa shape index (κ1) is 19.0. The molecule has 3 N–H and O–H groups in total. The van der Waals surface area contributed by atoms with Crippen LogP contribution in [-0.2, 0) is 4.79 Å². The number of nitrogens with two attached hydrogens (primary N) is 1. The highest BCUT2D eigenvalue weighted by atomic mass is 32.2. The van der Waals surface area contributed by atoms with E-state index in [-0.39, 0.29) is 5.91 Å². The van der Waals surface area contributed by atoms with E-state index in [1.807, 2.05) is 52.0 Å². The van der Waals surface area contributed by atoms with E-state index in [9.17, 15) is 4.79 Å². The van der Waals surface area contributed by atoms with Crippen molar-refractivity contribution in [1.29, 1.82) is 0 Å². The summed E-state index contributed by atoms with van der Waals surface area (Å²) in [6, 6.07) is 7.84. The summed E-state index contributed by atoms with van der Waals surface area (Å²) in [5, 5.41) is 15.6. The van der Waals surface area contributed by atoms with E-state index in [0.29, 0.717) is 11.1 Å². The van der Waals surface area contributed by atoms with Gasteiger partial charge < -0.3 is 11.2 Å². The zero-order valence-electron chi connectivity index (χ0n) is 16.0. The van der Waals surface area contributed by atoms with Crippen LogP contribution in [0.1, 0.15) is 29.4 Å². The fraction of sp³-hybridized carbons (Fsp3) is 0.333. The monoisotopic (exact) mass is 385 g/mol. The Hall–Kier alpha value is -2.81. The van der Waals surface area contributed by atoms with Crippen LogP contribution in [0.15, 0.2) is 29.4 Å². The quantitative estimate of drug-likeness (QED) is 0.517. The van der Waals surface area contributed by atoms with Gasteiger partial charge in [-0.15, -0.1) is 10.2 Å². The first-order valence-corrected chi connectivity index (χ1v) is 9.43. The molecule has 27 heavy (non-hydrogen) atoms. The highest BCUT2D eigenvalue weighted by Gasteiger charge is 2.21. The van der Waals surface area contributed by atoms with Crippen LogP contribution in [0.25, 0.3) is 5.95 Å². The first-order valence-electron chi connectivity index (χ1n) is 8.55. The third-order valence-electron chi connectivity index (χ3n) is 4.14. The molecule has 3 rings (SSSR count). The van der Waals surface area contributed by atoms with Gasteiger partial charge in [0.25, 0.3) is 5.95 Å². The van der Waals surface area contributed by atoms with Crippen LogP contribution in [0.4, 0.5) is 5.69 Å². The summed E-state index contributed by atoms with van der Waals surface area (Å²) in [6.45, 7) is 9.61. The molecule has 1 atom stereocenters. The summed E-state index contributed by atoms with van der Waals surface area (Å²) in [4.78, 5) is 12.6. The lowest BCUT2D eigenvalue weighted by Crippen LogP contribution is -2.24. The number of aryl methyl sites for hydroxylation is 4. The predicted molar refractivity (Wildman–Crippen MR) is 107 cm³/mol. The van der Waals surface area contributed by atoms with Crippen molar-refractivity contribution in [3.8, 4) is 5.95 Å². The Balaban J connectivity index is 1.73. The first-order chi connectivity index (χ1) is 12.8. The highest BCUT2D eigenvalue weighted by Crippen LogP contribution is 2.24. The zero-order chi connectivity index (χ0) is 19.7. The molecule has 0 bridgehead atoms. The molecule has 0 radical (unpaired) electrons. The molecule has 8 nitrogen and oxygen atoms in total. The molecule has 2 heterocycles. The maximum Gasteiger partial charge on any atom is 0.271 e. The Morgan fingerprint density at radius 1 is 1.19 bits per heavy atom. The van der Waals surface area contributed by atoms with Gasteiger partial charge in [-0.2, -0.15) is 5.10 Å². The molecule has 0 aliphatic rings. The molecule has 0 spiro atoms. The Morgan fingerprint density at radius 3 is 2.56 bits per heavy atom. The van der Waals surface area contributed by atoms with Gasteiger partial charge in [0.1, 0.15) is 0 Å². The van der Waals surface area contributed by atoms with Crippen molar-refractivity contribution in [3.63, 3.8) is 0 Å². The predicted octanol–water partition coefficient (Wildman–Crippen LogP) is 2.53. The SMILES string of the molecule is Cc1ccc(NC(=O)C(C)Sc2nnc(-n3nc(C)cc3C)n2N)c(C)c1. The van der Waals surface area contributed by atoms with Crippen molar-refractivity contribution in [2.75, 3.05) is 11.2 Å². The van der Waals surface area contributed by atoms with Crippen LogP contribution in [0.3, 0.4) is 0 Å². The van der Waals surface area contributed by atoms with Gasteiger partial charge in [-0.25, -0.2) is 9.36 Å². The van der Waals surface area contributed by atoms with Crippen molar-refractivity contribution in [2.45, 2.75) is 45.0 Å². The van der Waals surface area contributed by atoms with E-state index >= 15 is 0 Å². The van der Waals surface area contributed by atoms with Crippen molar-refractivity contribution in [2.24, 2.45) is 0 Å². The van der Waals surface area contributed by atoms with Gasteiger partial charge in [-0.1, -0.05) is 29.5 Å². The normalized spacial score (nSPS) is 12.2.